The third-order valence-corrected chi connectivity index (χ3v) is 8.35. The Morgan fingerprint density at radius 3 is 2.42 bits per heavy atom. The van der Waals surface area contributed by atoms with Gasteiger partial charge in [0.05, 0.1) is 24.5 Å². The van der Waals surface area contributed by atoms with Gasteiger partial charge in [-0.3, -0.25) is 14.5 Å². The summed E-state index contributed by atoms with van der Waals surface area (Å²) in [4.78, 5) is 42.2. The first kappa shape index (κ1) is 26.2. The van der Waals surface area contributed by atoms with Crippen molar-refractivity contribution < 1.29 is 9.53 Å². The van der Waals surface area contributed by atoms with Crippen LogP contribution < -0.4 is 15.6 Å². The van der Waals surface area contributed by atoms with Gasteiger partial charge in [-0.1, -0.05) is 18.2 Å². The zero-order chi connectivity index (χ0) is 27.8. The van der Waals surface area contributed by atoms with Crippen LogP contribution in [-0.2, 0) is 7.05 Å². The predicted molar refractivity (Wildman–Crippen MR) is 157 cm³/mol. The smallest absolute Gasteiger partial charge is 0.258 e. The van der Waals surface area contributed by atoms with Crippen molar-refractivity contribution in [2.75, 3.05) is 58.7 Å². The van der Waals surface area contributed by atoms with Crippen molar-refractivity contribution in [1.82, 2.24) is 29.2 Å². The van der Waals surface area contributed by atoms with Crippen LogP contribution in [0.15, 0.2) is 53.5 Å². The van der Waals surface area contributed by atoms with E-state index in [1.165, 1.54) is 0 Å². The second-order valence-electron chi connectivity index (χ2n) is 10.7. The zero-order valence-corrected chi connectivity index (χ0v) is 23.3. The molecule has 0 atom stereocenters. The monoisotopic (exact) mass is 541 g/mol. The highest BCUT2D eigenvalue weighted by atomic mass is 16.5. The average Bonchev–Trinajstić information content (AvgIpc) is 3.00. The molecule has 40 heavy (non-hydrogen) atoms. The van der Waals surface area contributed by atoms with Gasteiger partial charge in [0, 0.05) is 68.7 Å². The van der Waals surface area contributed by atoms with Gasteiger partial charge in [0.1, 0.15) is 11.3 Å². The Kier molecular flexibility index (Phi) is 7.12. The van der Waals surface area contributed by atoms with Crippen molar-refractivity contribution in [2.45, 2.75) is 18.9 Å². The number of piperazine rings is 1. The number of likely N-dealkylation sites (N-methyl/N-ethyl adjacent to an activating group) is 1. The zero-order valence-electron chi connectivity index (χ0n) is 23.3. The normalized spacial score (nSPS) is 17.4. The van der Waals surface area contributed by atoms with Crippen LogP contribution in [0.5, 0.6) is 5.75 Å². The van der Waals surface area contributed by atoms with Crippen LogP contribution in [0.1, 0.15) is 23.2 Å². The molecule has 4 heterocycles. The maximum atomic E-state index is 13.4. The minimum Gasteiger partial charge on any atom is -0.495 e. The summed E-state index contributed by atoms with van der Waals surface area (Å²) in [5.41, 5.74) is 2.50. The SMILES string of the molecule is COc1cc(C(=O)N2CCC(N3CCN(C)CC3)CC2)ccc1Nc1ncc2c(n1)c1ccccc1c(=O)n2C. The van der Waals surface area contributed by atoms with E-state index in [0.717, 1.165) is 57.5 Å². The molecule has 1 amide bonds. The van der Waals surface area contributed by atoms with Gasteiger partial charge in [-0.25, -0.2) is 9.97 Å². The van der Waals surface area contributed by atoms with Crippen LogP contribution in [0.25, 0.3) is 21.8 Å². The molecule has 2 aromatic heterocycles. The van der Waals surface area contributed by atoms with Crippen molar-refractivity contribution in [1.29, 1.82) is 0 Å². The summed E-state index contributed by atoms with van der Waals surface area (Å²) < 4.78 is 7.21. The molecule has 0 bridgehead atoms. The van der Waals surface area contributed by atoms with Gasteiger partial charge in [-0.15, -0.1) is 0 Å². The van der Waals surface area contributed by atoms with E-state index >= 15 is 0 Å². The van der Waals surface area contributed by atoms with Crippen molar-refractivity contribution in [3.63, 3.8) is 0 Å². The molecule has 0 saturated carbocycles. The summed E-state index contributed by atoms with van der Waals surface area (Å²) in [5.74, 6) is 0.933. The molecule has 4 aromatic rings. The molecule has 0 aliphatic carbocycles. The molecule has 2 aliphatic rings. The molecular weight excluding hydrogens is 506 g/mol. The molecule has 208 valence electrons. The lowest BCUT2D eigenvalue weighted by molar-refractivity contribution is 0.0518. The number of piperidine rings is 1. The number of aryl methyl sites for hydroxylation is 1. The first-order valence-electron chi connectivity index (χ1n) is 13.8. The fourth-order valence-electron chi connectivity index (χ4n) is 5.90. The fraction of sp³-hybridized carbons (Fsp3) is 0.400. The molecule has 6 rings (SSSR count). The number of rotatable bonds is 5. The van der Waals surface area contributed by atoms with E-state index in [-0.39, 0.29) is 11.5 Å². The number of anilines is 2. The van der Waals surface area contributed by atoms with E-state index in [1.807, 2.05) is 35.2 Å². The summed E-state index contributed by atoms with van der Waals surface area (Å²) in [5, 5.41) is 4.62. The molecule has 10 heteroatoms. The number of nitrogens with one attached hydrogen (secondary N) is 1. The number of hydrogen-bond donors (Lipinski definition) is 1. The highest BCUT2D eigenvalue weighted by Crippen LogP contribution is 2.30. The Bertz CT molecular complexity index is 1620. The maximum Gasteiger partial charge on any atom is 0.258 e. The fourth-order valence-corrected chi connectivity index (χ4v) is 5.90. The maximum absolute atomic E-state index is 13.4. The van der Waals surface area contributed by atoms with Gasteiger partial charge in [0.2, 0.25) is 5.95 Å². The number of nitrogens with zero attached hydrogens (tertiary/aromatic N) is 6. The van der Waals surface area contributed by atoms with E-state index in [4.69, 9.17) is 9.72 Å². The van der Waals surface area contributed by atoms with Gasteiger partial charge < -0.3 is 24.4 Å². The molecule has 2 aliphatic heterocycles. The number of methoxy groups -OCH3 is 1. The number of hydrogen-bond acceptors (Lipinski definition) is 8. The lowest BCUT2D eigenvalue weighted by atomic mass is 10.0. The van der Waals surface area contributed by atoms with Gasteiger partial charge >= 0.3 is 0 Å². The number of likely N-dealkylation sites (tertiary alicyclic amines) is 1. The molecule has 2 aromatic carbocycles. The summed E-state index contributed by atoms with van der Waals surface area (Å²) in [6.45, 7) is 5.96. The Balaban J connectivity index is 1.19. The molecule has 0 radical (unpaired) electrons. The predicted octanol–water partition coefficient (Wildman–Crippen LogP) is 3.09. The van der Waals surface area contributed by atoms with Crippen LogP contribution in [0, 0.1) is 0 Å². The summed E-state index contributed by atoms with van der Waals surface area (Å²) >= 11 is 0. The van der Waals surface area contributed by atoms with Gasteiger partial charge in [0.15, 0.2) is 0 Å². The summed E-state index contributed by atoms with van der Waals surface area (Å²) in [6.07, 6.45) is 3.66. The molecule has 2 saturated heterocycles. The number of pyridine rings is 1. The van der Waals surface area contributed by atoms with Crippen molar-refractivity contribution in [3.05, 3.63) is 64.6 Å². The first-order chi connectivity index (χ1) is 19.4. The van der Waals surface area contributed by atoms with Crippen molar-refractivity contribution in [2.24, 2.45) is 7.05 Å². The summed E-state index contributed by atoms with van der Waals surface area (Å²) in [7, 11) is 5.48. The highest BCUT2D eigenvalue weighted by Gasteiger charge is 2.29. The van der Waals surface area contributed by atoms with Crippen molar-refractivity contribution >= 4 is 39.3 Å². The summed E-state index contributed by atoms with van der Waals surface area (Å²) in [6, 6.07) is 13.4. The second-order valence-corrected chi connectivity index (χ2v) is 10.7. The van der Waals surface area contributed by atoms with Crippen LogP contribution >= 0.6 is 0 Å². The minimum absolute atomic E-state index is 0.0241. The van der Waals surface area contributed by atoms with Gasteiger partial charge in [-0.05, 0) is 44.2 Å². The second kappa shape index (κ2) is 10.9. The third kappa shape index (κ3) is 4.89. The Morgan fingerprint density at radius 2 is 1.70 bits per heavy atom. The number of amides is 1. The molecule has 1 N–H and O–H groups in total. The van der Waals surface area contributed by atoms with Crippen LogP contribution in [0.2, 0.25) is 0 Å². The number of carbonyl (C=O) groups excluding carboxylic acids is 1. The number of aromatic nitrogens is 3. The molecule has 2 fully saturated rings. The van der Waals surface area contributed by atoms with E-state index in [9.17, 15) is 9.59 Å². The average molecular weight is 542 g/mol. The Morgan fingerprint density at radius 1 is 0.975 bits per heavy atom. The highest BCUT2D eigenvalue weighted by molar-refractivity contribution is 6.03. The third-order valence-electron chi connectivity index (χ3n) is 8.35. The first-order valence-corrected chi connectivity index (χ1v) is 13.8. The van der Waals surface area contributed by atoms with E-state index in [2.05, 4.69) is 27.1 Å². The number of carbonyl (C=O) groups is 1. The van der Waals surface area contributed by atoms with E-state index in [1.54, 1.807) is 37.1 Å². The number of benzene rings is 2. The largest absolute Gasteiger partial charge is 0.495 e. The van der Waals surface area contributed by atoms with Crippen molar-refractivity contribution in [3.8, 4) is 5.75 Å². The lowest BCUT2D eigenvalue weighted by Gasteiger charge is -2.42. The molecule has 0 spiro atoms. The standard InChI is InChI=1S/C30H35N7O3/c1-34-14-16-36(17-15-34)21-10-12-37(13-11-21)28(38)20-8-9-24(26(18-20)40-3)32-30-31-19-25-27(33-30)22-6-4-5-7-23(22)29(39)35(25)2/h4-9,18-19,21H,10-17H2,1-3H3,(H,31,32,33). The van der Waals surface area contributed by atoms with Crippen LogP contribution in [0.4, 0.5) is 11.6 Å². The molecular formula is C30H35N7O3. The number of ether oxygens (including phenoxy) is 1. The Labute approximate surface area is 233 Å². The molecule has 0 unspecified atom stereocenters. The topological polar surface area (TPSA) is 95.8 Å². The lowest BCUT2D eigenvalue weighted by Crippen LogP contribution is -2.52. The minimum atomic E-state index is -0.0853. The number of fused-ring (bicyclic) bond motifs is 3. The van der Waals surface area contributed by atoms with Gasteiger partial charge in [-0.2, -0.15) is 0 Å². The van der Waals surface area contributed by atoms with Crippen LogP contribution in [0.3, 0.4) is 0 Å². The van der Waals surface area contributed by atoms with E-state index in [0.29, 0.717) is 45.4 Å². The van der Waals surface area contributed by atoms with E-state index < -0.39 is 0 Å². The molecule has 10 nitrogen and oxygen atoms in total. The Hall–Kier alpha value is -4.02. The van der Waals surface area contributed by atoms with Crippen LogP contribution in [-0.4, -0.2) is 94.6 Å². The quantitative estimate of drug-likeness (QED) is 0.385. The van der Waals surface area contributed by atoms with Gasteiger partial charge in [0.25, 0.3) is 11.5 Å².